The molecule has 1 saturated heterocycles. The minimum Gasteiger partial charge on any atom is -0.469 e. The number of methoxy groups -OCH3 is 1. The van der Waals surface area contributed by atoms with Gasteiger partial charge in [-0.3, -0.25) is 4.79 Å². The third-order valence-electron chi connectivity index (χ3n) is 3.18. The van der Waals surface area contributed by atoms with Crippen molar-refractivity contribution in [2.45, 2.75) is 70.2 Å². The van der Waals surface area contributed by atoms with E-state index in [1.54, 1.807) is 0 Å². The number of carbonyl (C=O) groups excluding carboxylic acids is 1. The fourth-order valence-electron chi connectivity index (χ4n) is 1.77. The maximum absolute atomic E-state index is 11.1. The van der Waals surface area contributed by atoms with E-state index < -0.39 is 36.4 Å². The molecule has 0 amide bonds. The van der Waals surface area contributed by atoms with Crippen LogP contribution in [0.25, 0.3) is 0 Å². The summed E-state index contributed by atoms with van der Waals surface area (Å²) in [6, 6.07) is -1.52. The molecule has 0 radical (unpaired) electrons. The van der Waals surface area contributed by atoms with Gasteiger partial charge >= 0.3 is 5.97 Å². The van der Waals surface area contributed by atoms with Crippen molar-refractivity contribution in [2.75, 3.05) is 7.11 Å². The number of carbonyl (C=O) groups is 1. The molecule has 0 unspecified atom stereocenters. The Morgan fingerprint density at radius 2 is 2.09 bits per heavy atom. The lowest BCUT2D eigenvalue weighted by Gasteiger charge is -1.98. The normalized spacial score (nSPS) is 29.4. The van der Waals surface area contributed by atoms with Crippen LogP contribution in [-0.4, -0.2) is 36.5 Å². The molecule has 1 rings (SSSR count). The van der Waals surface area contributed by atoms with Gasteiger partial charge in [0, 0.05) is 6.42 Å². The molecular weight excluding hydrogens is 292 g/mol. The first-order valence-corrected chi connectivity index (χ1v) is 8.02. The van der Waals surface area contributed by atoms with E-state index in [4.69, 9.17) is 13.0 Å². The largest absolute Gasteiger partial charge is 0.469 e. The van der Waals surface area contributed by atoms with Gasteiger partial charge in [-0.25, -0.2) is 0 Å². The lowest BCUT2D eigenvalue weighted by Crippen LogP contribution is -1.99. The number of allylic oxidation sites excluding steroid dienone is 2. The highest BCUT2D eigenvalue weighted by atomic mass is 16.6. The molecule has 4 heteroatoms. The van der Waals surface area contributed by atoms with E-state index in [-0.39, 0.29) is 37.4 Å². The van der Waals surface area contributed by atoms with Crippen molar-refractivity contribution in [3.05, 3.63) is 36.3 Å². The third-order valence-corrected chi connectivity index (χ3v) is 3.18. The second-order valence-corrected chi connectivity index (χ2v) is 5.19. The molecule has 1 aliphatic heterocycles. The highest BCUT2D eigenvalue weighted by Crippen LogP contribution is 2.25. The van der Waals surface area contributed by atoms with Crippen molar-refractivity contribution >= 4 is 5.97 Å². The first-order chi connectivity index (χ1) is 13.6. The van der Waals surface area contributed by atoms with Crippen LogP contribution in [0.3, 0.4) is 0 Å². The van der Waals surface area contributed by atoms with Crippen LogP contribution in [0, 0.1) is 0 Å². The van der Waals surface area contributed by atoms with Crippen LogP contribution in [0.5, 0.6) is 0 Å². The van der Waals surface area contributed by atoms with Crippen molar-refractivity contribution in [2.24, 2.45) is 0 Å². The second-order valence-electron chi connectivity index (χ2n) is 5.19. The molecule has 130 valence electrons. The van der Waals surface area contributed by atoms with Gasteiger partial charge in [0.1, 0.15) is 12.2 Å². The molecule has 23 heavy (non-hydrogen) atoms. The highest BCUT2D eigenvalue weighted by molar-refractivity contribution is 5.69. The Kier molecular flexibility index (Phi) is 6.33. The summed E-state index contributed by atoms with van der Waals surface area (Å²) in [5.74, 6) is -0.453. The van der Waals surface area contributed by atoms with Crippen molar-refractivity contribution in [3.8, 4) is 0 Å². The van der Waals surface area contributed by atoms with E-state index >= 15 is 0 Å². The Balaban J connectivity index is 2.74. The van der Waals surface area contributed by atoms with Gasteiger partial charge in [0.15, 0.2) is 0 Å². The number of hydrogen-bond acceptors (Lipinski definition) is 4. The first kappa shape index (κ1) is 12.0. The summed E-state index contributed by atoms with van der Waals surface area (Å²) in [5, 5.41) is 10.2. The van der Waals surface area contributed by atoms with Gasteiger partial charge in [-0.15, -0.1) is 0 Å². The summed E-state index contributed by atoms with van der Waals surface area (Å²) in [6.45, 7) is 2.05. The molecule has 0 aromatic rings. The van der Waals surface area contributed by atoms with Crippen LogP contribution in [-0.2, 0) is 14.3 Å². The molecule has 1 N–H and O–H groups in total. The minimum absolute atomic E-state index is 0.00940. The number of unbranched alkanes of at least 4 members (excludes halogenated alkanes) is 2. The number of aliphatic hydroxyl groups is 1. The Morgan fingerprint density at radius 3 is 2.83 bits per heavy atom. The van der Waals surface area contributed by atoms with Crippen LogP contribution >= 0.6 is 0 Å². The Hall–Kier alpha value is -1.39. The minimum atomic E-state index is -2.73. The fourth-order valence-corrected chi connectivity index (χ4v) is 1.77. The standard InChI is InChI=1S/C19H30O4/c1-3-4-5-6-9-12-17-18(23-17)15-14-16(20)11-8-7-10-13-19(21)22-2/h8-9,11-12,14-18,20H,3-7,10,13H2,1-2H3/b11-8-,12-9-,15-14+/t16-,17-,18-/m0/s1/i8T,9T,11T,12T,14T,16T. The maximum atomic E-state index is 11.1. The van der Waals surface area contributed by atoms with Crippen molar-refractivity contribution in [1.29, 1.82) is 0 Å². The number of hydrogen-bond donors (Lipinski definition) is 1. The number of esters is 1. The highest BCUT2D eigenvalue weighted by Gasteiger charge is 2.33. The van der Waals surface area contributed by atoms with E-state index in [9.17, 15) is 9.90 Å². The molecule has 0 aromatic heterocycles. The molecule has 1 fully saturated rings. The predicted octanol–water partition coefficient (Wildman–Crippen LogP) is 3.71. The van der Waals surface area contributed by atoms with E-state index in [2.05, 4.69) is 4.74 Å². The molecule has 0 aliphatic carbocycles. The fraction of sp³-hybridized carbons (Fsp3) is 0.632. The zero-order valence-electron chi connectivity index (χ0n) is 19.9. The number of rotatable bonds is 12. The Labute approximate surface area is 148 Å². The first-order valence-electron chi connectivity index (χ1n) is 11.0. The van der Waals surface area contributed by atoms with Crippen molar-refractivity contribution < 1.29 is 27.6 Å². The summed E-state index contributed by atoms with van der Waals surface area (Å²) >= 11 is 0. The monoisotopic (exact) mass is 334 g/mol. The second kappa shape index (κ2) is 12.1. The lowest BCUT2D eigenvalue weighted by atomic mass is 10.1. The van der Waals surface area contributed by atoms with Gasteiger partial charge in [0.25, 0.3) is 0 Å². The summed E-state index contributed by atoms with van der Waals surface area (Å²) in [7, 11) is 1.25. The van der Waals surface area contributed by atoms with E-state index in [0.29, 0.717) is 6.42 Å². The summed E-state index contributed by atoms with van der Waals surface area (Å²) < 4.78 is 57.2. The van der Waals surface area contributed by atoms with Gasteiger partial charge in [-0.2, -0.15) is 0 Å². The quantitative estimate of drug-likeness (QED) is 0.256. The zero-order valence-corrected chi connectivity index (χ0v) is 13.9. The van der Waals surface area contributed by atoms with Gasteiger partial charge in [-0.1, -0.05) is 56.1 Å². The lowest BCUT2D eigenvalue weighted by molar-refractivity contribution is -0.140. The molecule has 4 nitrogen and oxygen atoms in total. The van der Waals surface area contributed by atoms with Gasteiger partial charge in [0.05, 0.1) is 21.4 Å². The van der Waals surface area contributed by atoms with Crippen LogP contribution in [0.4, 0.5) is 0 Å². The van der Waals surface area contributed by atoms with Crippen LogP contribution in [0.1, 0.15) is 60.1 Å². The summed E-state index contributed by atoms with van der Waals surface area (Å²) in [5.41, 5.74) is 0. The maximum Gasteiger partial charge on any atom is 0.305 e. The van der Waals surface area contributed by atoms with Crippen molar-refractivity contribution in [1.82, 2.24) is 0 Å². The molecule has 1 heterocycles. The van der Waals surface area contributed by atoms with Gasteiger partial charge < -0.3 is 14.6 Å². The van der Waals surface area contributed by atoms with Crippen LogP contribution < -0.4 is 0 Å². The number of ether oxygens (including phenoxy) is 2. The molecule has 0 spiro atoms. The Bertz CT molecular complexity index is 672. The summed E-state index contributed by atoms with van der Waals surface area (Å²) in [4.78, 5) is 11.1. The average Bonchev–Trinajstić information content (AvgIpc) is 3.45. The molecular formula is C19H30O4. The Morgan fingerprint density at radius 1 is 1.30 bits per heavy atom. The van der Waals surface area contributed by atoms with Crippen molar-refractivity contribution in [3.63, 3.8) is 0 Å². The van der Waals surface area contributed by atoms with Gasteiger partial charge in [0.2, 0.25) is 0 Å². The topological polar surface area (TPSA) is 59.1 Å². The average molecular weight is 334 g/mol. The molecule has 0 bridgehead atoms. The van der Waals surface area contributed by atoms with Crippen LogP contribution in [0.15, 0.2) is 36.3 Å². The van der Waals surface area contributed by atoms with Crippen LogP contribution in [0.2, 0.25) is 0 Å². The molecule has 0 aromatic carbocycles. The van der Waals surface area contributed by atoms with E-state index in [1.165, 1.54) is 7.11 Å². The number of epoxide rings is 1. The summed E-state index contributed by atoms with van der Waals surface area (Å²) in [6.07, 6.45) is 0.571. The predicted molar refractivity (Wildman–Crippen MR) is 92.1 cm³/mol. The molecule has 3 atom stereocenters. The third kappa shape index (κ3) is 10.1. The molecule has 0 saturated carbocycles. The smallest absolute Gasteiger partial charge is 0.305 e. The van der Waals surface area contributed by atoms with E-state index in [0.717, 1.165) is 25.3 Å². The zero-order chi connectivity index (χ0) is 22.2. The van der Waals surface area contributed by atoms with Gasteiger partial charge in [-0.05, 0) is 25.7 Å². The molecule has 1 aliphatic rings. The van der Waals surface area contributed by atoms with E-state index in [1.807, 2.05) is 6.92 Å². The SMILES string of the molecule is [3H]/C(CCCCC)=C(\[3H])[C@@H]1O[C@H]1/C=C(\[3H])[C@@]([3H])(O)/C([3H])=C(/[3H])CCCC(=O)OC.